The molecule has 0 radical (unpaired) electrons. The molecule has 31 heavy (non-hydrogen) atoms. The van der Waals surface area contributed by atoms with Gasteiger partial charge in [0.05, 0.1) is 13.2 Å². The molecule has 0 amide bonds. The van der Waals surface area contributed by atoms with Gasteiger partial charge in [-0.1, -0.05) is 53.9 Å². The molecule has 1 saturated heterocycles. The first-order valence-corrected chi connectivity index (χ1v) is 14.1. The standard InChI is InChI=1S/C29H50O2/c1-20(2)7-6-8-21(3)24-11-12-25-23-10-9-22-19-29(30-17-18-31-29)16-15-27(22,4)26(23)13-14-28(24,25)5/h20-26H,6-19H2,1-5H3. The number of ether oxygens (including phenoxy) is 2. The van der Waals surface area contributed by atoms with E-state index in [1.807, 2.05) is 0 Å². The van der Waals surface area contributed by atoms with Crippen LogP contribution in [0.15, 0.2) is 0 Å². The molecule has 2 nitrogen and oxygen atoms in total. The lowest BCUT2D eigenvalue weighted by Gasteiger charge is -2.62. The van der Waals surface area contributed by atoms with Gasteiger partial charge >= 0.3 is 0 Å². The largest absolute Gasteiger partial charge is 0.348 e. The minimum atomic E-state index is -0.204. The molecule has 0 aromatic rings. The normalized spacial score (nSPS) is 47.2. The van der Waals surface area contributed by atoms with Crippen LogP contribution in [0.5, 0.6) is 0 Å². The van der Waals surface area contributed by atoms with Crippen molar-refractivity contribution in [3.8, 4) is 0 Å². The van der Waals surface area contributed by atoms with Crippen LogP contribution in [-0.4, -0.2) is 19.0 Å². The van der Waals surface area contributed by atoms with Crippen LogP contribution >= 0.6 is 0 Å². The molecule has 1 aliphatic heterocycles. The molecule has 0 aromatic carbocycles. The zero-order valence-electron chi connectivity index (χ0n) is 21.3. The highest BCUT2D eigenvalue weighted by Crippen LogP contribution is 2.69. The summed E-state index contributed by atoms with van der Waals surface area (Å²) in [7, 11) is 0. The van der Waals surface area contributed by atoms with E-state index in [1.54, 1.807) is 0 Å². The van der Waals surface area contributed by atoms with Crippen LogP contribution in [-0.2, 0) is 9.47 Å². The summed E-state index contributed by atoms with van der Waals surface area (Å²) in [4.78, 5) is 0. The van der Waals surface area contributed by atoms with Crippen molar-refractivity contribution in [2.45, 2.75) is 117 Å². The van der Waals surface area contributed by atoms with Gasteiger partial charge in [-0.2, -0.15) is 0 Å². The van der Waals surface area contributed by atoms with Gasteiger partial charge in [0.25, 0.3) is 0 Å². The molecule has 8 unspecified atom stereocenters. The van der Waals surface area contributed by atoms with Crippen molar-refractivity contribution in [1.82, 2.24) is 0 Å². The summed E-state index contributed by atoms with van der Waals surface area (Å²) in [5, 5.41) is 0. The molecule has 5 rings (SSSR count). The van der Waals surface area contributed by atoms with Crippen LogP contribution in [0.2, 0.25) is 0 Å². The van der Waals surface area contributed by atoms with Crippen molar-refractivity contribution in [2.75, 3.05) is 13.2 Å². The maximum atomic E-state index is 6.16. The van der Waals surface area contributed by atoms with Crippen LogP contribution in [0.4, 0.5) is 0 Å². The van der Waals surface area contributed by atoms with E-state index in [4.69, 9.17) is 9.47 Å². The molecule has 8 atom stereocenters. The highest BCUT2D eigenvalue weighted by molar-refractivity contribution is 5.10. The molecule has 4 saturated carbocycles. The molecule has 1 heterocycles. The summed E-state index contributed by atoms with van der Waals surface area (Å²) in [5.74, 6) is 6.32. The Morgan fingerprint density at radius 2 is 1.52 bits per heavy atom. The Morgan fingerprint density at radius 3 is 2.26 bits per heavy atom. The van der Waals surface area contributed by atoms with E-state index in [1.165, 1.54) is 70.6 Å². The fourth-order valence-electron chi connectivity index (χ4n) is 9.98. The number of hydrogen-bond acceptors (Lipinski definition) is 2. The number of hydrogen-bond donors (Lipinski definition) is 0. The molecular weight excluding hydrogens is 380 g/mol. The van der Waals surface area contributed by atoms with Gasteiger partial charge in [0.1, 0.15) is 0 Å². The van der Waals surface area contributed by atoms with Crippen LogP contribution in [0.1, 0.15) is 112 Å². The van der Waals surface area contributed by atoms with E-state index in [-0.39, 0.29) is 5.79 Å². The molecule has 2 heteroatoms. The highest BCUT2D eigenvalue weighted by Gasteiger charge is 2.62. The summed E-state index contributed by atoms with van der Waals surface area (Å²) < 4.78 is 12.3. The smallest absolute Gasteiger partial charge is 0.168 e. The van der Waals surface area contributed by atoms with Crippen LogP contribution in [0, 0.1) is 52.3 Å². The summed E-state index contributed by atoms with van der Waals surface area (Å²) in [6.45, 7) is 14.4. The lowest BCUT2D eigenvalue weighted by molar-refractivity contribution is -0.229. The van der Waals surface area contributed by atoms with Crippen molar-refractivity contribution < 1.29 is 9.47 Å². The van der Waals surface area contributed by atoms with Crippen molar-refractivity contribution in [3.05, 3.63) is 0 Å². The lowest BCUT2D eigenvalue weighted by Crippen LogP contribution is -2.56. The zero-order valence-corrected chi connectivity index (χ0v) is 21.3. The third-order valence-electron chi connectivity index (χ3n) is 11.7. The van der Waals surface area contributed by atoms with E-state index in [0.717, 1.165) is 61.1 Å². The Balaban J connectivity index is 1.28. The number of rotatable bonds is 5. The minimum Gasteiger partial charge on any atom is -0.348 e. The zero-order chi connectivity index (χ0) is 21.9. The van der Waals surface area contributed by atoms with Gasteiger partial charge in [-0.05, 0) is 97.2 Å². The molecule has 178 valence electrons. The van der Waals surface area contributed by atoms with Crippen LogP contribution in [0.25, 0.3) is 0 Å². The Bertz CT molecular complexity index is 637. The van der Waals surface area contributed by atoms with Gasteiger partial charge in [0.2, 0.25) is 0 Å². The molecule has 4 aliphatic carbocycles. The van der Waals surface area contributed by atoms with Crippen molar-refractivity contribution >= 4 is 0 Å². The monoisotopic (exact) mass is 430 g/mol. The van der Waals surface area contributed by atoms with Crippen molar-refractivity contribution in [2.24, 2.45) is 52.3 Å². The van der Waals surface area contributed by atoms with Crippen LogP contribution < -0.4 is 0 Å². The first-order valence-electron chi connectivity index (χ1n) is 14.1. The summed E-state index contributed by atoms with van der Waals surface area (Å²) in [5.41, 5.74) is 1.15. The summed E-state index contributed by atoms with van der Waals surface area (Å²) >= 11 is 0. The van der Waals surface area contributed by atoms with Gasteiger partial charge < -0.3 is 9.47 Å². The Hall–Kier alpha value is -0.0800. The van der Waals surface area contributed by atoms with E-state index in [9.17, 15) is 0 Å². The quantitative estimate of drug-likeness (QED) is 0.442. The first kappa shape index (κ1) is 22.7. The average molecular weight is 431 g/mol. The van der Waals surface area contributed by atoms with E-state index >= 15 is 0 Å². The molecule has 0 bridgehead atoms. The molecule has 0 N–H and O–H groups in total. The van der Waals surface area contributed by atoms with E-state index < -0.39 is 0 Å². The molecule has 0 aromatic heterocycles. The van der Waals surface area contributed by atoms with Crippen molar-refractivity contribution in [1.29, 1.82) is 0 Å². The third kappa shape index (κ3) is 3.74. The van der Waals surface area contributed by atoms with Gasteiger partial charge in [-0.15, -0.1) is 0 Å². The SMILES string of the molecule is CC(C)CCCC(C)C1CCC2C3CCC4CC5(CCC4(C)C3CCC12C)OCCO5. The highest BCUT2D eigenvalue weighted by atomic mass is 16.7. The van der Waals surface area contributed by atoms with Gasteiger partial charge in [0.15, 0.2) is 5.79 Å². The van der Waals surface area contributed by atoms with Crippen molar-refractivity contribution in [3.63, 3.8) is 0 Å². The second kappa shape index (κ2) is 8.30. The first-order chi connectivity index (χ1) is 14.8. The predicted molar refractivity (Wildman–Crippen MR) is 128 cm³/mol. The third-order valence-corrected chi connectivity index (χ3v) is 11.7. The van der Waals surface area contributed by atoms with Gasteiger partial charge in [-0.3, -0.25) is 0 Å². The average Bonchev–Trinajstić information content (AvgIpc) is 3.32. The van der Waals surface area contributed by atoms with E-state index in [2.05, 4.69) is 34.6 Å². The van der Waals surface area contributed by atoms with E-state index in [0.29, 0.717) is 10.8 Å². The Labute approximate surface area is 192 Å². The minimum absolute atomic E-state index is 0.204. The maximum absolute atomic E-state index is 6.16. The molecule has 5 fully saturated rings. The molecule has 1 spiro atoms. The topological polar surface area (TPSA) is 18.5 Å². The lowest BCUT2D eigenvalue weighted by atomic mass is 9.44. The Kier molecular flexibility index (Phi) is 6.08. The summed E-state index contributed by atoms with van der Waals surface area (Å²) in [6, 6.07) is 0. The Morgan fingerprint density at radius 1 is 0.774 bits per heavy atom. The molecule has 5 aliphatic rings. The second-order valence-electron chi connectivity index (χ2n) is 13.5. The van der Waals surface area contributed by atoms with Crippen LogP contribution in [0.3, 0.4) is 0 Å². The fraction of sp³-hybridized carbons (Fsp3) is 1.00. The van der Waals surface area contributed by atoms with Gasteiger partial charge in [0, 0.05) is 12.8 Å². The maximum Gasteiger partial charge on any atom is 0.168 e. The van der Waals surface area contributed by atoms with Gasteiger partial charge in [-0.25, -0.2) is 0 Å². The fourth-order valence-corrected chi connectivity index (χ4v) is 9.98. The molecular formula is C29H50O2. The summed E-state index contributed by atoms with van der Waals surface area (Å²) in [6.07, 6.45) is 16.9. The number of fused-ring (bicyclic) bond motifs is 5. The predicted octanol–water partition coefficient (Wildman–Crippen LogP) is 7.85. The second-order valence-corrected chi connectivity index (χ2v) is 13.5.